The van der Waals surface area contributed by atoms with E-state index in [0.29, 0.717) is 0 Å². The summed E-state index contributed by atoms with van der Waals surface area (Å²) in [6.07, 6.45) is -2.46. The predicted octanol–water partition coefficient (Wildman–Crippen LogP) is 2.71. The van der Waals surface area contributed by atoms with Crippen LogP contribution in [0.25, 0.3) is 0 Å². The molecule has 0 amide bonds. The van der Waals surface area contributed by atoms with Gasteiger partial charge in [-0.1, -0.05) is 6.07 Å². The molecule has 0 heterocycles. The Morgan fingerprint density at radius 3 is 2.50 bits per heavy atom. The van der Waals surface area contributed by atoms with Crippen LogP contribution in [0.2, 0.25) is 0 Å². The Morgan fingerprint density at radius 2 is 2.00 bits per heavy atom. The summed E-state index contributed by atoms with van der Waals surface area (Å²) in [7, 11) is 0. The van der Waals surface area contributed by atoms with Crippen molar-refractivity contribution in [2.75, 3.05) is 0 Å². The van der Waals surface area contributed by atoms with Crippen LogP contribution in [-0.4, -0.2) is 6.10 Å². The first-order valence-electron chi connectivity index (χ1n) is 5.07. The first kappa shape index (κ1) is 11.3. The normalized spacial score (nSPS) is 16.2. The number of benzene rings is 1. The van der Waals surface area contributed by atoms with Crippen LogP contribution in [0.4, 0.5) is 13.2 Å². The highest BCUT2D eigenvalue weighted by Crippen LogP contribution is 2.35. The molecule has 1 saturated carbocycles. The maximum absolute atomic E-state index is 12.7. The fraction of sp³-hybridized carbons (Fsp3) is 0.455. The minimum absolute atomic E-state index is 0.0878. The van der Waals surface area contributed by atoms with Crippen LogP contribution in [-0.2, 0) is 12.7 Å². The van der Waals surface area contributed by atoms with Crippen molar-refractivity contribution in [2.24, 2.45) is 5.73 Å². The molecule has 2 nitrogen and oxygen atoms in total. The van der Waals surface area contributed by atoms with Crippen LogP contribution in [0.5, 0.6) is 5.75 Å². The summed E-state index contributed by atoms with van der Waals surface area (Å²) in [5.41, 5.74) is 4.66. The van der Waals surface area contributed by atoms with E-state index in [1.54, 1.807) is 0 Å². The van der Waals surface area contributed by atoms with Crippen molar-refractivity contribution < 1.29 is 17.9 Å². The predicted molar refractivity (Wildman–Crippen MR) is 53.0 cm³/mol. The van der Waals surface area contributed by atoms with Crippen molar-refractivity contribution >= 4 is 0 Å². The molecule has 2 N–H and O–H groups in total. The lowest BCUT2D eigenvalue weighted by Crippen LogP contribution is -2.12. The third kappa shape index (κ3) is 2.47. The molecule has 2 rings (SSSR count). The Hall–Kier alpha value is -1.23. The molecule has 0 unspecified atom stereocenters. The van der Waals surface area contributed by atoms with E-state index >= 15 is 0 Å². The van der Waals surface area contributed by atoms with Gasteiger partial charge < -0.3 is 10.5 Å². The number of halogens is 3. The topological polar surface area (TPSA) is 35.2 Å². The third-order valence-electron chi connectivity index (χ3n) is 2.43. The van der Waals surface area contributed by atoms with Crippen LogP contribution in [0, 0.1) is 0 Å². The summed E-state index contributed by atoms with van der Waals surface area (Å²) in [6.45, 7) is -0.126. The number of ether oxygens (including phenoxy) is 1. The highest BCUT2D eigenvalue weighted by molar-refractivity contribution is 5.37. The third-order valence-corrected chi connectivity index (χ3v) is 2.43. The van der Waals surface area contributed by atoms with Gasteiger partial charge in [0.25, 0.3) is 0 Å². The van der Waals surface area contributed by atoms with E-state index in [0.717, 1.165) is 18.9 Å². The monoisotopic (exact) mass is 231 g/mol. The second-order valence-corrected chi connectivity index (χ2v) is 3.84. The zero-order chi connectivity index (χ0) is 11.8. The van der Waals surface area contributed by atoms with E-state index in [9.17, 15) is 13.2 Å². The molecular weight excluding hydrogens is 219 g/mol. The molecule has 5 heteroatoms. The molecule has 1 aromatic rings. The molecule has 0 radical (unpaired) electrons. The van der Waals surface area contributed by atoms with Crippen LogP contribution in [0.1, 0.15) is 24.0 Å². The minimum Gasteiger partial charge on any atom is -0.490 e. The molecular formula is C11H12F3NO. The molecule has 1 aromatic carbocycles. The quantitative estimate of drug-likeness (QED) is 0.868. The fourth-order valence-electron chi connectivity index (χ4n) is 1.45. The number of rotatable bonds is 3. The van der Waals surface area contributed by atoms with E-state index in [1.807, 2.05) is 0 Å². The smallest absolute Gasteiger partial charge is 0.416 e. The maximum atomic E-state index is 12.7. The van der Waals surface area contributed by atoms with Crippen LogP contribution in [0.3, 0.4) is 0 Å². The molecule has 1 aliphatic carbocycles. The van der Waals surface area contributed by atoms with Gasteiger partial charge in [0.1, 0.15) is 5.75 Å². The van der Waals surface area contributed by atoms with Crippen molar-refractivity contribution in [3.8, 4) is 5.75 Å². The van der Waals surface area contributed by atoms with E-state index in [1.165, 1.54) is 12.1 Å². The summed E-state index contributed by atoms with van der Waals surface area (Å²) < 4.78 is 43.3. The number of alkyl halides is 3. The Labute approximate surface area is 91.2 Å². The van der Waals surface area contributed by atoms with Gasteiger partial charge in [0.15, 0.2) is 0 Å². The van der Waals surface area contributed by atoms with Crippen molar-refractivity contribution in [3.63, 3.8) is 0 Å². The average molecular weight is 231 g/mol. The van der Waals surface area contributed by atoms with Crippen molar-refractivity contribution in [2.45, 2.75) is 31.7 Å². The first-order valence-corrected chi connectivity index (χ1v) is 5.07. The van der Waals surface area contributed by atoms with E-state index in [2.05, 4.69) is 0 Å². The largest absolute Gasteiger partial charge is 0.490 e. The van der Waals surface area contributed by atoms with Gasteiger partial charge in [0, 0.05) is 6.54 Å². The minimum atomic E-state index is -4.38. The summed E-state index contributed by atoms with van der Waals surface area (Å²) in [5, 5.41) is 0. The molecule has 0 bridgehead atoms. The van der Waals surface area contributed by atoms with E-state index in [-0.39, 0.29) is 24.0 Å². The van der Waals surface area contributed by atoms with Gasteiger partial charge in [-0.25, -0.2) is 0 Å². The Balaban J connectivity index is 2.29. The lowest BCUT2D eigenvalue weighted by Gasteiger charge is -2.13. The van der Waals surface area contributed by atoms with Gasteiger partial charge in [-0.2, -0.15) is 13.2 Å². The van der Waals surface area contributed by atoms with Crippen LogP contribution < -0.4 is 10.5 Å². The SMILES string of the molecule is NCc1ccc(OC2CC2)cc1C(F)(F)F. The molecule has 0 aromatic heterocycles. The molecule has 0 spiro atoms. The lowest BCUT2D eigenvalue weighted by atomic mass is 10.1. The molecule has 0 saturated heterocycles. The summed E-state index contributed by atoms with van der Waals surface area (Å²) in [5.74, 6) is 0.270. The van der Waals surface area contributed by atoms with Crippen molar-refractivity contribution in [1.29, 1.82) is 0 Å². The van der Waals surface area contributed by atoms with Gasteiger partial charge >= 0.3 is 6.18 Å². The van der Waals surface area contributed by atoms with Gasteiger partial charge in [0.2, 0.25) is 0 Å². The summed E-state index contributed by atoms with van der Waals surface area (Å²) in [6, 6.07) is 3.94. The lowest BCUT2D eigenvalue weighted by molar-refractivity contribution is -0.138. The van der Waals surface area contributed by atoms with Gasteiger partial charge in [-0.15, -0.1) is 0 Å². The molecule has 0 aliphatic heterocycles. The highest BCUT2D eigenvalue weighted by Gasteiger charge is 2.34. The van der Waals surface area contributed by atoms with E-state index < -0.39 is 11.7 Å². The van der Waals surface area contributed by atoms with Crippen molar-refractivity contribution in [3.05, 3.63) is 29.3 Å². The Bertz CT molecular complexity index is 385. The first-order chi connectivity index (χ1) is 7.50. The molecule has 16 heavy (non-hydrogen) atoms. The van der Waals surface area contributed by atoms with E-state index in [4.69, 9.17) is 10.5 Å². The standard InChI is InChI=1S/C11H12F3NO/c12-11(13,14)10-5-9(16-8-3-4-8)2-1-7(10)6-15/h1-2,5,8H,3-4,6,15H2. The zero-order valence-electron chi connectivity index (χ0n) is 8.55. The number of hydrogen-bond acceptors (Lipinski definition) is 2. The van der Waals surface area contributed by atoms with Gasteiger partial charge in [-0.3, -0.25) is 0 Å². The van der Waals surface area contributed by atoms with Crippen molar-refractivity contribution in [1.82, 2.24) is 0 Å². The molecule has 1 fully saturated rings. The van der Waals surface area contributed by atoms with Gasteiger partial charge in [0.05, 0.1) is 11.7 Å². The zero-order valence-corrected chi connectivity index (χ0v) is 8.55. The summed E-state index contributed by atoms with van der Waals surface area (Å²) in [4.78, 5) is 0. The Kier molecular flexibility index (Phi) is 2.80. The Morgan fingerprint density at radius 1 is 1.31 bits per heavy atom. The molecule has 0 atom stereocenters. The van der Waals surface area contributed by atoms with Crippen LogP contribution >= 0.6 is 0 Å². The van der Waals surface area contributed by atoms with Crippen LogP contribution in [0.15, 0.2) is 18.2 Å². The number of hydrogen-bond donors (Lipinski definition) is 1. The average Bonchev–Trinajstić information content (AvgIpc) is 3.00. The molecule has 88 valence electrons. The fourth-order valence-corrected chi connectivity index (χ4v) is 1.45. The summed E-state index contributed by atoms with van der Waals surface area (Å²) >= 11 is 0. The maximum Gasteiger partial charge on any atom is 0.416 e. The molecule has 1 aliphatic rings. The van der Waals surface area contributed by atoms with Gasteiger partial charge in [-0.05, 0) is 30.5 Å². The second-order valence-electron chi connectivity index (χ2n) is 3.84. The number of nitrogens with two attached hydrogens (primary N) is 1. The second kappa shape index (κ2) is 3.97. The highest BCUT2D eigenvalue weighted by atomic mass is 19.4.